The smallest absolute Gasteiger partial charge is 0.166 e. The Balaban J connectivity index is 1.59. The number of nitrogens with zero attached hydrogens (tertiary/aromatic N) is 5. The van der Waals surface area contributed by atoms with Gasteiger partial charge in [-0.3, -0.25) is 4.98 Å². The Labute approximate surface area is 162 Å². The van der Waals surface area contributed by atoms with Crippen LogP contribution in [0.1, 0.15) is 28.1 Å². The predicted octanol–water partition coefficient (Wildman–Crippen LogP) is 3.85. The van der Waals surface area contributed by atoms with Crippen LogP contribution in [0.15, 0.2) is 36.5 Å². The first-order chi connectivity index (χ1) is 13.5. The van der Waals surface area contributed by atoms with E-state index in [1.165, 1.54) is 12.1 Å². The van der Waals surface area contributed by atoms with Crippen molar-refractivity contribution in [2.75, 3.05) is 11.4 Å². The average Bonchev–Trinajstić information content (AvgIpc) is 2.71. The van der Waals surface area contributed by atoms with E-state index >= 15 is 0 Å². The van der Waals surface area contributed by atoms with Crippen LogP contribution in [0.25, 0.3) is 0 Å². The monoisotopic (exact) mass is 375 g/mol. The van der Waals surface area contributed by atoms with Gasteiger partial charge in [-0.2, -0.15) is 5.26 Å². The molecular formula is C21H18FN5O. The average molecular weight is 375 g/mol. The van der Waals surface area contributed by atoms with Gasteiger partial charge in [0.05, 0.1) is 6.20 Å². The highest BCUT2D eigenvalue weighted by molar-refractivity contribution is 5.53. The fourth-order valence-corrected chi connectivity index (χ4v) is 3.28. The number of ether oxygens (including phenoxy) is 1. The van der Waals surface area contributed by atoms with Gasteiger partial charge in [0.1, 0.15) is 23.4 Å². The fourth-order valence-electron chi connectivity index (χ4n) is 3.28. The molecule has 2 aromatic heterocycles. The number of nitriles is 1. The van der Waals surface area contributed by atoms with Crippen LogP contribution in [0.2, 0.25) is 0 Å². The first kappa shape index (κ1) is 17.9. The van der Waals surface area contributed by atoms with Gasteiger partial charge in [0.2, 0.25) is 0 Å². The van der Waals surface area contributed by atoms with Crippen LogP contribution in [0, 0.1) is 31.0 Å². The van der Waals surface area contributed by atoms with Crippen molar-refractivity contribution in [3.05, 3.63) is 70.4 Å². The second kappa shape index (κ2) is 7.24. The minimum absolute atomic E-state index is 0.305. The molecule has 7 heteroatoms. The normalized spacial score (nSPS) is 13.0. The molecule has 3 aromatic rings. The Hall–Kier alpha value is -3.53. The van der Waals surface area contributed by atoms with Gasteiger partial charge in [-0.1, -0.05) is 0 Å². The lowest BCUT2D eigenvalue weighted by molar-refractivity contribution is 0.475. The van der Waals surface area contributed by atoms with E-state index in [-0.39, 0.29) is 5.82 Å². The molecule has 0 radical (unpaired) electrons. The fraction of sp³-hybridized carbons (Fsp3) is 0.238. The van der Waals surface area contributed by atoms with Gasteiger partial charge in [-0.05, 0) is 60.9 Å². The van der Waals surface area contributed by atoms with Crippen LogP contribution in [0.5, 0.6) is 11.5 Å². The molecule has 0 saturated heterocycles. The van der Waals surface area contributed by atoms with Crippen molar-refractivity contribution in [1.82, 2.24) is 15.2 Å². The molecule has 4 rings (SSSR count). The van der Waals surface area contributed by atoms with E-state index in [0.717, 1.165) is 41.2 Å². The number of rotatable bonds is 3. The molecule has 0 spiro atoms. The van der Waals surface area contributed by atoms with Gasteiger partial charge in [0, 0.05) is 25.2 Å². The predicted molar refractivity (Wildman–Crippen MR) is 102 cm³/mol. The molecule has 1 aliphatic heterocycles. The molecule has 0 unspecified atom stereocenters. The molecular weight excluding hydrogens is 357 g/mol. The van der Waals surface area contributed by atoms with Gasteiger partial charge in [0.25, 0.3) is 0 Å². The molecule has 0 amide bonds. The molecule has 28 heavy (non-hydrogen) atoms. The lowest BCUT2D eigenvalue weighted by Gasteiger charge is -2.30. The number of hydrogen-bond donors (Lipinski definition) is 0. The third-order valence-electron chi connectivity index (χ3n) is 4.97. The molecule has 0 N–H and O–H groups in total. The summed E-state index contributed by atoms with van der Waals surface area (Å²) < 4.78 is 18.9. The zero-order valence-electron chi connectivity index (χ0n) is 15.6. The van der Waals surface area contributed by atoms with E-state index < -0.39 is 0 Å². The topological polar surface area (TPSA) is 74.9 Å². The number of halogens is 1. The van der Waals surface area contributed by atoms with E-state index in [1.807, 2.05) is 19.9 Å². The molecule has 1 aliphatic rings. The standard InChI is InChI=1S/C21H18FN5O/c1-13-14(2)21(26-25-20(13)10-23)27-8-7-19-15(12-27)9-18(11-24-19)28-17-5-3-16(22)4-6-17/h3-6,9,11H,7-8,12H2,1-2H3. The molecule has 1 aromatic carbocycles. The van der Waals surface area contributed by atoms with Crippen molar-refractivity contribution < 1.29 is 9.13 Å². The van der Waals surface area contributed by atoms with E-state index in [9.17, 15) is 4.39 Å². The summed E-state index contributed by atoms with van der Waals surface area (Å²) in [6.45, 7) is 5.25. The van der Waals surface area contributed by atoms with Crippen molar-refractivity contribution >= 4 is 5.82 Å². The van der Waals surface area contributed by atoms with Crippen molar-refractivity contribution in [3.8, 4) is 17.6 Å². The zero-order valence-corrected chi connectivity index (χ0v) is 15.6. The first-order valence-electron chi connectivity index (χ1n) is 8.95. The van der Waals surface area contributed by atoms with Crippen LogP contribution >= 0.6 is 0 Å². The van der Waals surface area contributed by atoms with E-state index in [1.54, 1.807) is 18.3 Å². The summed E-state index contributed by atoms with van der Waals surface area (Å²) in [5.74, 6) is 1.64. The molecule has 3 heterocycles. The maximum absolute atomic E-state index is 13.1. The quantitative estimate of drug-likeness (QED) is 0.692. The molecule has 0 atom stereocenters. The summed E-state index contributed by atoms with van der Waals surface area (Å²) in [4.78, 5) is 6.66. The number of fused-ring (bicyclic) bond motifs is 1. The third kappa shape index (κ3) is 3.37. The van der Waals surface area contributed by atoms with Crippen molar-refractivity contribution in [3.63, 3.8) is 0 Å². The van der Waals surface area contributed by atoms with Crippen LogP contribution in [0.3, 0.4) is 0 Å². The number of anilines is 1. The van der Waals surface area contributed by atoms with Crippen LogP contribution in [-0.2, 0) is 13.0 Å². The number of benzene rings is 1. The van der Waals surface area contributed by atoms with Crippen molar-refractivity contribution in [1.29, 1.82) is 5.26 Å². The maximum Gasteiger partial charge on any atom is 0.166 e. The van der Waals surface area contributed by atoms with Gasteiger partial charge >= 0.3 is 0 Å². The molecule has 0 saturated carbocycles. The highest BCUT2D eigenvalue weighted by Crippen LogP contribution is 2.29. The van der Waals surface area contributed by atoms with Crippen molar-refractivity contribution in [2.45, 2.75) is 26.8 Å². The first-order valence-corrected chi connectivity index (χ1v) is 8.95. The number of hydrogen-bond acceptors (Lipinski definition) is 6. The van der Waals surface area contributed by atoms with Gasteiger partial charge in [0.15, 0.2) is 11.5 Å². The second-order valence-electron chi connectivity index (χ2n) is 6.74. The van der Waals surface area contributed by atoms with Crippen LogP contribution in [-0.4, -0.2) is 21.7 Å². The molecule has 140 valence electrons. The minimum Gasteiger partial charge on any atom is -0.456 e. The number of pyridine rings is 1. The van der Waals surface area contributed by atoms with E-state index in [2.05, 4.69) is 26.2 Å². The molecule has 0 bridgehead atoms. The van der Waals surface area contributed by atoms with Gasteiger partial charge in [-0.15, -0.1) is 10.2 Å². The highest BCUT2D eigenvalue weighted by Gasteiger charge is 2.22. The Morgan fingerprint density at radius 2 is 1.89 bits per heavy atom. The summed E-state index contributed by atoms with van der Waals surface area (Å²) in [6, 6.07) is 9.91. The Bertz CT molecular complexity index is 1080. The Kier molecular flexibility index (Phi) is 4.62. The Morgan fingerprint density at radius 1 is 1.11 bits per heavy atom. The zero-order chi connectivity index (χ0) is 19.7. The largest absolute Gasteiger partial charge is 0.456 e. The van der Waals surface area contributed by atoms with E-state index in [0.29, 0.717) is 23.7 Å². The molecule has 0 fully saturated rings. The maximum atomic E-state index is 13.1. The van der Waals surface area contributed by atoms with Crippen LogP contribution < -0.4 is 9.64 Å². The third-order valence-corrected chi connectivity index (χ3v) is 4.97. The summed E-state index contributed by atoms with van der Waals surface area (Å²) in [5.41, 5.74) is 4.24. The molecule has 0 aliphatic carbocycles. The lowest BCUT2D eigenvalue weighted by Crippen LogP contribution is -2.32. The summed E-state index contributed by atoms with van der Waals surface area (Å²) >= 11 is 0. The van der Waals surface area contributed by atoms with Gasteiger partial charge in [-0.25, -0.2) is 4.39 Å². The molecule has 6 nitrogen and oxygen atoms in total. The lowest BCUT2D eigenvalue weighted by atomic mass is 10.0. The summed E-state index contributed by atoms with van der Waals surface area (Å²) in [7, 11) is 0. The highest BCUT2D eigenvalue weighted by atomic mass is 19.1. The van der Waals surface area contributed by atoms with Crippen LogP contribution in [0.4, 0.5) is 10.2 Å². The van der Waals surface area contributed by atoms with Gasteiger partial charge < -0.3 is 9.64 Å². The second-order valence-corrected chi connectivity index (χ2v) is 6.74. The summed E-state index contributed by atoms with van der Waals surface area (Å²) in [5, 5.41) is 17.4. The number of aromatic nitrogens is 3. The SMILES string of the molecule is Cc1c(C#N)nnc(N2CCc3ncc(Oc4ccc(F)cc4)cc3C2)c1C. The Morgan fingerprint density at radius 3 is 2.64 bits per heavy atom. The van der Waals surface area contributed by atoms with Crippen molar-refractivity contribution in [2.24, 2.45) is 0 Å². The van der Waals surface area contributed by atoms with E-state index in [4.69, 9.17) is 10.00 Å². The summed E-state index contributed by atoms with van der Waals surface area (Å²) in [6.07, 6.45) is 2.47. The minimum atomic E-state index is -0.305.